The molecule has 0 radical (unpaired) electrons. The molecule has 0 aliphatic rings. The highest BCUT2D eigenvalue weighted by molar-refractivity contribution is 7.89. The Morgan fingerprint density at radius 1 is 1.12 bits per heavy atom. The quantitative estimate of drug-likeness (QED) is 0.723. The number of carbonyl (C=O) groups is 1. The van der Waals surface area contributed by atoms with Crippen LogP contribution < -0.4 is 15.2 Å². The number of thiophene rings is 1. The Morgan fingerprint density at radius 2 is 1.72 bits per heavy atom. The fraction of sp³-hybridized carbons (Fsp3) is 0.353. The molecule has 0 bridgehead atoms. The van der Waals surface area contributed by atoms with Crippen LogP contribution in [0.15, 0.2) is 35.2 Å². The number of aryl methyl sites for hydroxylation is 2. The second kappa shape index (κ2) is 7.99. The van der Waals surface area contributed by atoms with Crippen molar-refractivity contribution in [3.8, 4) is 0 Å². The van der Waals surface area contributed by atoms with Gasteiger partial charge in [0.15, 0.2) is 0 Å². The maximum atomic E-state index is 12.3. The molecule has 0 aliphatic carbocycles. The van der Waals surface area contributed by atoms with Crippen molar-refractivity contribution >= 4 is 33.0 Å². The van der Waals surface area contributed by atoms with Gasteiger partial charge >= 0.3 is 0 Å². The Hall–Kier alpha value is -1.90. The molecule has 0 aliphatic heterocycles. The van der Waals surface area contributed by atoms with E-state index in [0.29, 0.717) is 10.4 Å². The zero-order valence-corrected chi connectivity index (χ0v) is 16.4. The van der Waals surface area contributed by atoms with Gasteiger partial charge in [0.2, 0.25) is 0 Å². The number of nitrogens with zero attached hydrogens (tertiary/aromatic N) is 1. The second-order valence-corrected chi connectivity index (χ2v) is 8.67. The SMILES string of the molecule is CCN(CC)c1ccc(C(=O)NNS(=O)(=O)c2cc(C)sc2C)cc1. The van der Waals surface area contributed by atoms with Crippen LogP contribution in [0.2, 0.25) is 0 Å². The first kappa shape index (κ1) is 19.4. The Balaban J connectivity index is 2.06. The lowest BCUT2D eigenvalue weighted by Crippen LogP contribution is -2.41. The Kier molecular flexibility index (Phi) is 6.21. The third kappa shape index (κ3) is 4.59. The van der Waals surface area contributed by atoms with E-state index in [9.17, 15) is 13.2 Å². The molecule has 0 atom stereocenters. The fourth-order valence-corrected chi connectivity index (χ4v) is 4.92. The van der Waals surface area contributed by atoms with Gasteiger partial charge in [0, 0.05) is 34.1 Å². The molecule has 0 saturated heterocycles. The average molecular weight is 382 g/mol. The number of amides is 1. The van der Waals surface area contributed by atoms with Crippen LogP contribution in [0.4, 0.5) is 5.69 Å². The molecule has 0 fully saturated rings. The minimum absolute atomic E-state index is 0.187. The molecule has 136 valence electrons. The van der Waals surface area contributed by atoms with Crippen LogP contribution in [0.5, 0.6) is 0 Å². The monoisotopic (exact) mass is 381 g/mol. The van der Waals surface area contributed by atoms with Crippen molar-refractivity contribution in [3.05, 3.63) is 45.6 Å². The Labute approximate surface area is 152 Å². The van der Waals surface area contributed by atoms with Gasteiger partial charge in [-0.1, -0.05) is 0 Å². The zero-order chi connectivity index (χ0) is 18.6. The van der Waals surface area contributed by atoms with Crippen LogP contribution in [0.3, 0.4) is 0 Å². The number of nitrogens with one attached hydrogen (secondary N) is 2. The van der Waals surface area contributed by atoms with E-state index in [1.165, 1.54) is 11.3 Å². The van der Waals surface area contributed by atoms with Crippen molar-refractivity contribution in [2.45, 2.75) is 32.6 Å². The molecule has 0 spiro atoms. The summed E-state index contributed by atoms with van der Waals surface area (Å²) < 4.78 is 24.6. The molecule has 6 nitrogen and oxygen atoms in total. The normalized spacial score (nSPS) is 11.4. The van der Waals surface area contributed by atoms with Gasteiger partial charge in [-0.3, -0.25) is 10.2 Å². The number of anilines is 1. The Morgan fingerprint density at radius 3 is 2.20 bits per heavy atom. The molecule has 0 saturated carbocycles. The lowest BCUT2D eigenvalue weighted by molar-refractivity contribution is 0.0945. The number of hydrogen-bond acceptors (Lipinski definition) is 5. The largest absolute Gasteiger partial charge is 0.372 e. The lowest BCUT2D eigenvalue weighted by Gasteiger charge is -2.21. The summed E-state index contributed by atoms with van der Waals surface area (Å²) in [6.07, 6.45) is 0. The second-order valence-electron chi connectivity index (χ2n) is 5.56. The summed E-state index contributed by atoms with van der Waals surface area (Å²) in [5.74, 6) is -0.501. The van der Waals surface area contributed by atoms with E-state index >= 15 is 0 Å². The highest BCUT2D eigenvalue weighted by Gasteiger charge is 2.20. The minimum atomic E-state index is -3.78. The van der Waals surface area contributed by atoms with E-state index < -0.39 is 15.9 Å². The predicted molar refractivity (Wildman–Crippen MR) is 102 cm³/mol. The van der Waals surface area contributed by atoms with Gasteiger partial charge in [0.05, 0.1) is 4.90 Å². The van der Waals surface area contributed by atoms with E-state index in [2.05, 4.69) is 29.0 Å². The number of rotatable bonds is 7. The van der Waals surface area contributed by atoms with Crippen LogP contribution >= 0.6 is 11.3 Å². The third-order valence-corrected chi connectivity index (χ3v) is 6.31. The van der Waals surface area contributed by atoms with Gasteiger partial charge in [-0.2, -0.15) is 0 Å². The van der Waals surface area contributed by atoms with Crippen LogP contribution in [0.1, 0.15) is 34.0 Å². The summed E-state index contributed by atoms with van der Waals surface area (Å²) in [7, 11) is -3.78. The molecule has 1 heterocycles. The van der Waals surface area contributed by atoms with Crippen molar-refractivity contribution < 1.29 is 13.2 Å². The van der Waals surface area contributed by atoms with E-state index in [1.807, 2.05) is 19.1 Å². The van der Waals surface area contributed by atoms with Gasteiger partial charge in [-0.25, -0.2) is 8.42 Å². The fourth-order valence-electron chi connectivity index (χ4n) is 2.53. The van der Waals surface area contributed by atoms with Gasteiger partial charge < -0.3 is 4.90 Å². The first-order valence-electron chi connectivity index (χ1n) is 8.02. The molecule has 2 aromatic rings. The summed E-state index contributed by atoms with van der Waals surface area (Å²) in [5.41, 5.74) is 3.67. The van der Waals surface area contributed by atoms with E-state index in [4.69, 9.17) is 0 Å². The number of sulfonamides is 1. The molecule has 8 heteroatoms. The molecular formula is C17H23N3O3S2. The van der Waals surface area contributed by atoms with Crippen LogP contribution in [-0.2, 0) is 10.0 Å². The summed E-state index contributed by atoms with van der Waals surface area (Å²) in [6, 6.07) is 8.65. The molecule has 0 unspecified atom stereocenters. The molecule has 1 amide bonds. The standard InChI is InChI=1S/C17H23N3O3S2/c1-5-20(6-2)15-9-7-14(8-10-15)17(21)18-19-25(22,23)16-11-12(3)24-13(16)4/h7-11,19H,5-6H2,1-4H3,(H,18,21). The van der Waals surface area contributed by atoms with E-state index in [0.717, 1.165) is 23.7 Å². The van der Waals surface area contributed by atoms with Gasteiger partial charge in [0.1, 0.15) is 0 Å². The lowest BCUT2D eigenvalue weighted by atomic mass is 10.2. The van der Waals surface area contributed by atoms with Crippen LogP contribution in [-0.4, -0.2) is 27.4 Å². The van der Waals surface area contributed by atoms with Crippen LogP contribution in [0, 0.1) is 13.8 Å². The van der Waals surface area contributed by atoms with Gasteiger partial charge in [-0.05, 0) is 58.0 Å². The average Bonchev–Trinajstić information content (AvgIpc) is 2.94. The zero-order valence-electron chi connectivity index (χ0n) is 14.8. The highest BCUT2D eigenvalue weighted by Crippen LogP contribution is 2.24. The molecule has 2 rings (SSSR count). The van der Waals surface area contributed by atoms with Crippen molar-refractivity contribution in [3.63, 3.8) is 0 Å². The number of carbonyl (C=O) groups excluding carboxylic acids is 1. The van der Waals surface area contributed by atoms with E-state index in [-0.39, 0.29) is 4.90 Å². The van der Waals surface area contributed by atoms with Crippen molar-refractivity contribution in [2.75, 3.05) is 18.0 Å². The molecule has 25 heavy (non-hydrogen) atoms. The third-order valence-electron chi connectivity index (χ3n) is 3.84. The highest BCUT2D eigenvalue weighted by atomic mass is 32.2. The van der Waals surface area contributed by atoms with E-state index in [1.54, 1.807) is 25.1 Å². The van der Waals surface area contributed by atoms with Crippen LogP contribution in [0.25, 0.3) is 0 Å². The maximum Gasteiger partial charge on any atom is 0.266 e. The van der Waals surface area contributed by atoms with Gasteiger partial charge in [0.25, 0.3) is 15.9 Å². The molecule has 2 N–H and O–H groups in total. The van der Waals surface area contributed by atoms with Crippen molar-refractivity contribution in [1.82, 2.24) is 10.3 Å². The molecule has 1 aromatic carbocycles. The maximum absolute atomic E-state index is 12.3. The summed E-state index contributed by atoms with van der Waals surface area (Å²) >= 11 is 1.40. The number of benzene rings is 1. The number of hydrazine groups is 1. The Bertz CT molecular complexity index is 839. The molecular weight excluding hydrogens is 358 g/mol. The first-order valence-corrected chi connectivity index (χ1v) is 10.3. The minimum Gasteiger partial charge on any atom is -0.372 e. The predicted octanol–water partition coefficient (Wildman–Crippen LogP) is 2.83. The van der Waals surface area contributed by atoms with Crippen molar-refractivity contribution in [2.24, 2.45) is 0 Å². The smallest absolute Gasteiger partial charge is 0.266 e. The summed E-state index contributed by atoms with van der Waals surface area (Å²) in [5, 5.41) is 0. The number of hydrogen-bond donors (Lipinski definition) is 2. The van der Waals surface area contributed by atoms with Crippen molar-refractivity contribution in [1.29, 1.82) is 0 Å². The topological polar surface area (TPSA) is 78.5 Å². The van der Waals surface area contributed by atoms with Gasteiger partial charge in [-0.15, -0.1) is 16.2 Å². The summed E-state index contributed by atoms with van der Waals surface area (Å²) in [6.45, 7) is 9.45. The molecule has 1 aromatic heterocycles. The first-order chi connectivity index (χ1) is 11.8. The summed E-state index contributed by atoms with van der Waals surface area (Å²) in [4.78, 5) is 18.3.